The monoisotopic (exact) mass is 396 g/mol. The Hall–Kier alpha value is -2.86. The summed E-state index contributed by atoms with van der Waals surface area (Å²) < 4.78 is 5.27. The predicted molar refractivity (Wildman–Crippen MR) is 113 cm³/mol. The first-order valence-electron chi connectivity index (χ1n) is 10.2. The van der Waals surface area contributed by atoms with Crippen LogP contribution in [0, 0.1) is 0 Å². The molecular weight excluding hydrogens is 366 g/mol. The van der Waals surface area contributed by atoms with Gasteiger partial charge < -0.3 is 20.3 Å². The molecule has 29 heavy (non-hydrogen) atoms. The highest BCUT2D eigenvalue weighted by Crippen LogP contribution is 2.29. The number of quaternary nitrogens is 1. The summed E-state index contributed by atoms with van der Waals surface area (Å²) in [6.07, 6.45) is 3.10. The molecule has 0 aromatic heterocycles. The second kappa shape index (κ2) is 10.1. The fourth-order valence-corrected chi connectivity index (χ4v) is 3.86. The number of rotatable bonds is 8. The number of carbonyl (C=O) groups excluding carboxylic acids is 2. The number of aryl methyl sites for hydroxylation is 1. The summed E-state index contributed by atoms with van der Waals surface area (Å²) in [5.41, 5.74) is 3.18. The quantitative estimate of drug-likeness (QED) is 0.636. The summed E-state index contributed by atoms with van der Waals surface area (Å²) in [5, 5.41) is 6.05. The van der Waals surface area contributed by atoms with E-state index in [-0.39, 0.29) is 30.9 Å². The van der Waals surface area contributed by atoms with Gasteiger partial charge in [0.15, 0.2) is 13.1 Å². The molecule has 3 rings (SSSR count). The second-order valence-corrected chi connectivity index (χ2v) is 7.42. The standard InChI is InChI=1S/C23H29N3O3/c1-3-26(16-23(28)25-20-12-6-7-14-21(20)29-2)15-22(27)24-19-13-8-10-17-9-4-5-11-18(17)19/h4-7,9,11-12,14,19H,3,8,10,13,15-16H2,1-2H3,(H,24,27)(H,25,28)/p+1/t19-/m1/s1. The van der Waals surface area contributed by atoms with E-state index in [0.29, 0.717) is 18.0 Å². The summed E-state index contributed by atoms with van der Waals surface area (Å²) in [5.74, 6) is 0.461. The summed E-state index contributed by atoms with van der Waals surface area (Å²) >= 11 is 0. The number of fused-ring (bicyclic) bond motifs is 1. The van der Waals surface area contributed by atoms with Crippen molar-refractivity contribution in [1.82, 2.24) is 5.32 Å². The third-order valence-electron chi connectivity index (χ3n) is 5.41. The lowest BCUT2D eigenvalue weighted by atomic mass is 9.88. The maximum atomic E-state index is 12.6. The first-order valence-corrected chi connectivity index (χ1v) is 10.2. The molecule has 0 saturated carbocycles. The number of hydrogen-bond acceptors (Lipinski definition) is 3. The van der Waals surface area contributed by atoms with E-state index in [9.17, 15) is 9.59 Å². The molecule has 2 aromatic carbocycles. The number of anilines is 1. The number of likely N-dealkylation sites (N-methyl/N-ethyl adjacent to an activating group) is 1. The van der Waals surface area contributed by atoms with Crippen LogP contribution in [0.4, 0.5) is 5.69 Å². The lowest BCUT2D eigenvalue weighted by molar-refractivity contribution is -0.881. The van der Waals surface area contributed by atoms with Crippen LogP contribution in [0.25, 0.3) is 0 Å². The maximum Gasteiger partial charge on any atom is 0.279 e. The van der Waals surface area contributed by atoms with Gasteiger partial charge in [-0.25, -0.2) is 0 Å². The molecule has 3 N–H and O–H groups in total. The SMILES string of the molecule is CC[NH+](CC(=O)Nc1ccccc1OC)CC(=O)N[C@@H]1CCCc2ccccc21. The smallest absolute Gasteiger partial charge is 0.279 e. The molecule has 0 aliphatic heterocycles. The van der Waals surface area contributed by atoms with Crippen LogP contribution in [0.1, 0.15) is 36.9 Å². The van der Waals surface area contributed by atoms with Crippen molar-refractivity contribution in [3.63, 3.8) is 0 Å². The van der Waals surface area contributed by atoms with Crippen molar-refractivity contribution < 1.29 is 19.2 Å². The fraction of sp³-hybridized carbons (Fsp3) is 0.391. The van der Waals surface area contributed by atoms with Crippen LogP contribution in [0.2, 0.25) is 0 Å². The van der Waals surface area contributed by atoms with Gasteiger partial charge in [-0.2, -0.15) is 0 Å². The van der Waals surface area contributed by atoms with Crippen LogP contribution < -0.4 is 20.3 Å². The topological polar surface area (TPSA) is 71.9 Å². The maximum absolute atomic E-state index is 12.6. The van der Waals surface area contributed by atoms with E-state index >= 15 is 0 Å². The van der Waals surface area contributed by atoms with E-state index in [0.717, 1.165) is 24.2 Å². The van der Waals surface area contributed by atoms with Crippen molar-refractivity contribution >= 4 is 17.5 Å². The first-order chi connectivity index (χ1) is 14.1. The van der Waals surface area contributed by atoms with Gasteiger partial charge in [-0.3, -0.25) is 9.59 Å². The number of nitrogens with one attached hydrogen (secondary N) is 3. The number of benzene rings is 2. The Morgan fingerprint density at radius 3 is 2.59 bits per heavy atom. The van der Waals surface area contributed by atoms with Crippen molar-refractivity contribution in [3.8, 4) is 5.75 Å². The molecule has 1 aliphatic carbocycles. The van der Waals surface area contributed by atoms with E-state index in [4.69, 9.17) is 4.74 Å². The van der Waals surface area contributed by atoms with Crippen LogP contribution in [0.15, 0.2) is 48.5 Å². The molecule has 0 heterocycles. The highest BCUT2D eigenvalue weighted by molar-refractivity contribution is 5.93. The Morgan fingerprint density at radius 1 is 1.07 bits per heavy atom. The third kappa shape index (κ3) is 5.57. The molecule has 0 bridgehead atoms. The molecule has 2 amide bonds. The minimum Gasteiger partial charge on any atom is -0.495 e. The number of amides is 2. The van der Waals surface area contributed by atoms with Gasteiger partial charge in [-0.1, -0.05) is 36.4 Å². The van der Waals surface area contributed by atoms with Gasteiger partial charge in [0.1, 0.15) is 5.75 Å². The molecule has 2 atom stereocenters. The van der Waals surface area contributed by atoms with Crippen molar-refractivity contribution in [2.75, 3.05) is 32.1 Å². The molecule has 1 unspecified atom stereocenters. The molecule has 0 radical (unpaired) electrons. The molecule has 6 nitrogen and oxygen atoms in total. The van der Waals surface area contributed by atoms with Gasteiger partial charge in [0.25, 0.3) is 11.8 Å². The molecule has 2 aromatic rings. The van der Waals surface area contributed by atoms with Crippen LogP contribution >= 0.6 is 0 Å². The molecule has 0 fully saturated rings. The zero-order valence-corrected chi connectivity index (χ0v) is 17.2. The molecule has 1 aliphatic rings. The fourth-order valence-electron chi connectivity index (χ4n) is 3.86. The Bertz CT molecular complexity index is 853. The van der Waals surface area contributed by atoms with E-state index in [1.54, 1.807) is 19.2 Å². The number of ether oxygens (including phenoxy) is 1. The van der Waals surface area contributed by atoms with E-state index in [2.05, 4.69) is 22.8 Å². The summed E-state index contributed by atoms with van der Waals surface area (Å²) in [7, 11) is 1.57. The van der Waals surface area contributed by atoms with Gasteiger partial charge in [0.2, 0.25) is 0 Å². The number of methoxy groups -OCH3 is 1. The lowest BCUT2D eigenvalue weighted by Gasteiger charge is -2.27. The van der Waals surface area contributed by atoms with Crippen molar-refractivity contribution in [2.24, 2.45) is 0 Å². The van der Waals surface area contributed by atoms with E-state index in [1.165, 1.54) is 11.1 Å². The van der Waals surface area contributed by atoms with Gasteiger partial charge in [0.05, 0.1) is 25.4 Å². The Kier molecular flexibility index (Phi) is 7.25. The van der Waals surface area contributed by atoms with Gasteiger partial charge in [-0.15, -0.1) is 0 Å². The van der Waals surface area contributed by atoms with Crippen LogP contribution in [-0.4, -0.2) is 38.6 Å². The Labute approximate surface area is 172 Å². The lowest BCUT2D eigenvalue weighted by Crippen LogP contribution is -3.14. The second-order valence-electron chi connectivity index (χ2n) is 7.42. The summed E-state index contributed by atoms with van der Waals surface area (Å²) in [4.78, 5) is 26.0. The normalized spacial score (nSPS) is 16.4. The number of carbonyl (C=O) groups is 2. The van der Waals surface area contributed by atoms with Crippen LogP contribution in [0.3, 0.4) is 0 Å². The zero-order chi connectivity index (χ0) is 20.6. The average Bonchev–Trinajstić information content (AvgIpc) is 2.74. The van der Waals surface area contributed by atoms with E-state index < -0.39 is 0 Å². The van der Waals surface area contributed by atoms with Gasteiger partial charge in [0, 0.05) is 0 Å². The molecule has 0 saturated heterocycles. The highest BCUT2D eigenvalue weighted by atomic mass is 16.5. The van der Waals surface area contributed by atoms with E-state index in [1.807, 2.05) is 31.2 Å². The highest BCUT2D eigenvalue weighted by Gasteiger charge is 2.24. The Balaban J connectivity index is 1.54. The van der Waals surface area contributed by atoms with Crippen LogP contribution in [-0.2, 0) is 16.0 Å². The van der Waals surface area contributed by atoms with Crippen molar-refractivity contribution in [2.45, 2.75) is 32.2 Å². The molecular formula is C23H30N3O3+. The largest absolute Gasteiger partial charge is 0.495 e. The summed E-state index contributed by atoms with van der Waals surface area (Å²) in [6, 6.07) is 15.7. The molecule has 0 spiro atoms. The average molecular weight is 397 g/mol. The minimum absolute atomic E-state index is 0.0198. The first kappa shape index (κ1) is 20.9. The van der Waals surface area contributed by atoms with Gasteiger partial charge in [-0.05, 0) is 49.4 Å². The van der Waals surface area contributed by atoms with Gasteiger partial charge >= 0.3 is 0 Å². The number of hydrogen-bond donors (Lipinski definition) is 3. The zero-order valence-electron chi connectivity index (χ0n) is 17.2. The van der Waals surface area contributed by atoms with Crippen molar-refractivity contribution in [3.05, 3.63) is 59.7 Å². The molecule has 154 valence electrons. The Morgan fingerprint density at radius 2 is 1.79 bits per heavy atom. The van der Waals surface area contributed by atoms with Crippen LogP contribution in [0.5, 0.6) is 5.75 Å². The number of para-hydroxylation sites is 2. The van der Waals surface area contributed by atoms with Crippen molar-refractivity contribution in [1.29, 1.82) is 0 Å². The summed E-state index contributed by atoms with van der Waals surface area (Å²) in [6.45, 7) is 3.17. The predicted octanol–water partition coefficient (Wildman–Crippen LogP) is 1.73. The molecule has 6 heteroatoms. The minimum atomic E-state index is -0.137. The third-order valence-corrected chi connectivity index (χ3v) is 5.41.